The Kier molecular flexibility index (Phi) is 7.18. The molecule has 1 amide bonds. The fraction of sp³-hybridized carbons (Fsp3) is 0.278. The van der Waals surface area contributed by atoms with Crippen LogP contribution in [0.25, 0.3) is 0 Å². The molecule has 0 aliphatic rings. The van der Waals surface area contributed by atoms with Gasteiger partial charge in [-0.3, -0.25) is 4.79 Å². The van der Waals surface area contributed by atoms with Crippen molar-refractivity contribution >= 4 is 35.4 Å². The molecule has 0 fully saturated rings. The summed E-state index contributed by atoms with van der Waals surface area (Å²) >= 11 is 2.95. The number of rotatable bonds is 7. The molecule has 2 N–H and O–H groups in total. The highest BCUT2D eigenvalue weighted by atomic mass is 32.2. The van der Waals surface area contributed by atoms with E-state index in [0.717, 1.165) is 21.0 Å². The van der Waals surface area contributed by atoms with Gasteiger partial charge in [0, 0.05) is 33.7 Å². The normalized spacial score (nSPS) is 11.5. The summed E-state index contributed by atoms with van der Waals surface area (Å²) in [6.07, 6.45) is 12.8. The van der Waals surface area contributed by atoms with Gasteiger partial charge in [-0.15, -0.1) is 29.9 Å². The molecular formula is C18H19N3O3S2. The molecule has 0 bridgehead atoms. The van der Waals surface area contributed by atoms with Crippen molar-refractivity contribution in [3.8, 4) is 12.3 Å². The number of ether oxygens (including phenoxy) is 1. The lowest BCUT2D eigenvalue weighted by Gasteiger charge is -2.17. The second-order valence-electron chi connectivity index (χ2n) is 5.23. The Hall–Kier alpha value is -2.37. The fourth-order valence-corrected chi connectivity index (χ4v) is 3.68. The number of benzene rings is 1. The van der Waals surface area contributed by atoms with E-state index in [1.807, 2.05) is 12.5 Å². The van der Waals surface area contributed by atoms with Crippen LogP contribution in [0.3, 0.4) is 0 Å². The minimum absolute atomic E-state index is 0.256. The quantitative estimate of drug-likeness (QED) is 0.430. The maximum absolute atomic E-state index is 12.7. The summed E-state index contributed by atoms with van der Waals surface area (Å²) < 4.78 is 4.80. The van der Waals surface area contributed by atoms with E-state index in [-0.39, 0.29) is 12.3 Å². The number of aromatic amines is 1. The number of hydrogen-bond donors (Lipinski definition) is 2. The SMILES string of the molecule is C#Cc1c(SC)cc(C(=O)N[C@H](Cc2cnc[nH]2)C(=O)OC)cc1SC. The van der Waals surface area contributed by atoms with Crippen LogP contribution in [0.5, 0.6) is 0 Å². The second kappa shape index (κ2) is 9.36. The van der Waals surface area contributed by atoms with Crippen molar-refractivity contribution in [3.63, 3.8) is 0 Å². The maximum atomic E-state index is 12.7. The highest BCUT2D eigenvalue weighted by Gasteiger charge is 2.24. The van der Waals surface area contributed by atoms with Crippen molar-refractivity contribution in [2.24, 2.45) is 0 Å². The van der Waals surface area contributed by atoms with E-state index in [9.17, 15) is 9.59 Å². The summed E-state index contributed by atoms with van der Waals surface area (Å²) in [6.45, 7) is 0. The maximum Gasteiger partial charge on any atom is 0.328 e. The van der Waals surface area contributed by atoms with E-state index in [1.54, 1.807) is 18.3 Å². The third-order valence-electron chi connectivity index (χ3n) is 3.68. The van der Waals surface area contributed by atoms with Gasteiger partial charge in [0.15, 0.2) is 0 Å². The standard InChI is InChI=1S/C18H19N3O3S2/c1-5-13-15(25-3)6-11(7-16(13)26-4)17(22)21-14(18(23)24-2)8-12-9-19-10-20-12/h1,6-7,9-10,14H,8H2,2-4H3,(H,19,20)(H,21,22)/t14-/m1/s1. The van der Waals surface area contributed by atoms with Crippen molar-refractivity contribution in [2.45, 2.75) is 22.3 Å². The number of aromatic nitrogens is 2. The molecule has 0 saturated heterocycles. The molecule has 1 heterocycles. The Morgan fingerprint density at radius 1 is 1.35 bits per heavy atom. The number of H-pyrrole nitrogens is 1. The number of amides is 1. The number of terminal acetylenes is 1. The van der Waals surface area contributed by atoms with Crippen molar-refractivity contribution in [1.82, 2.24) is 15.3 Å². The van der Waals surface area contributed by atoms with Crippen LogP contribution in [0.15, 0.2) is 34.4 Å². The van der Waals surface area contributed by atoms with Crippen LogP contribution < -0.4 is 5.32 Å². The zero-order valence-corrected chi connectivity index (χ0v) is 16.3. The molecule has 136 valence electrons. The number of carbonyl (C=O) groups excluding carboxylic acids is 2. The Labute approximate surface area is 160 Å². The number of nitrogens with one attached hydrogen (secondary N) is 2. The van der Waals surface area contributed by atoms with Gasteiger partial charge in [0.2, 0.25) is 0 Å². The van der Waals surface area contributed by atoms with Gasteiger partial charge in [0.05, 0.1) is 19.0 Å². The van der Waals surface area contributed by atoms with E-state index in [2.05, 4.69) is 21.2 Å². The van der Waals surface area contributed by atoms with Crippen LogP contribution in [0.4, 0.5) is 0 Å². The molecule has 6 nitrogen and oxygen atoms in total. The molecule has 0 aliphatic carbocycles. The number of hydrogen-bond acceptors (Lipinski definition) is 6. The number of methoxy groups -OCH3 is 1. The molecule has 1 atom stereocenters. The van der Waals surface area contributed by atoms with E-state index in [4.69, 9.17) is 11.2 Å². The van der Waals surface area contributed by atoms with Gasteiger partial charge in [-0.1, -0.05) is 5.92 Å². The average molecular weight is 390 g/mol. The van der Waals surface area contributed by atoms with E-state index in [1.165, 1.54) is 37.0 Å². The summed E-state index contributed by atoms with van der Waals surface area (Å²) in [5.41, 5.74) is 1.93. The molecule has 2 rings (SSSR count). The summed E-state index contributed by atoms with van der Waals surface area (Å²) in [6, 6.07) is 2.65. The van der Waals surface area contributed by atoms with Crippen LogP contribution in [-0.2, 0) is 16.0 Å². The summed E-state index contributed by atoms with van der Waals surface area (Å²) in [5.74, 6) is 1.78. The Morgan fingerprint density at radius 3 is 2.46 bits per heavy atom. The third-order valence-corrected chi connectivity index (χ3v) is 5.21. The van der Waals surface area contributed by atoms with Crippen LogP contribution in [-0.4, -0.2) is 47.5 Å². The first-order valence-electron chi connectivity index (χ1n) is 7.62. The van der Waals surface area contributed by atoms with Crippen molar-refractivity contribution in [2.75, 3.05) is 19.6 Å². The summed E-state index contributed by atoms with van der Waals surface area (Å²) in [4.78, 5) is 33.3. The van der Waals surface area contributed by atoms with E-state index in [0.29, 0.717) is 5.56 Å². The predicted molar refractivity (Wildman–Crippen MR) is 104 cm³/mol. The largest absolute Gasteiger partial charge is 0.467 e. The van der Waals surface area contributed by atoms with Crippen molar-refractivity contribution in [3.05, 3.63) is 41.5 Å². The Balaban J connectivity index is 2.28. The average Bonchev–Trinajstić information content (AvgIpc) is 3.18. The number of thioether (sulfide) groups is 2. The monoisotopic (exact) mass is 389 g/mol. The molecule has 0 spiro atoms. The van der Waals surface area contributed by atoms with Gasteiger partial charge in [0.25, 0.3) is 5.91 Å². The van der Waals surface area contributed by atoms with Crippen LogP contribution >= 0.6 is 23.5 Å². The number of nitrogens with zero attached hydrogens (tertiary/aromatic N) is 1. The molecule has 0 saturated carbocycles. The highest BCUT2D eigenvalue weighted by molar-refractivity contribution is 7.99. The minimum Gasteiger partial charge on any atom is -0.467 e. The molecule has 1 aromatic carbocycles. The summed E-state index contributed by atoms with van der Waals surface area (Å²) in [7, 11) is 1.29. The first-order chi connectivity index (χ1) is 12.5. The first kappa shape index (κ1) is 19.9. The molecule has 0 unspecified atom stereocenters. The van der Waals surface area contributed by atoms with Gasteiger partial charge in [-0.25, -0.2) is 9.78 Å². The smallest absolute Gasteiger partial charge is 0.328 e. The van der Waals surface area contributed by atoms with Gasteiger partial charge < -0.3 is 15.0 Å². The Morgan fingerprint density at radius 2 is 2.00 bits per heavy atom. The summed E-state index contributed by atoms with van der Waals surface area (Å²) in [5, 5.41) is 2.73. The van der Waals surface area contributed by atoms with E-state index >= 15 is 0 Å². The van der Waals surface area contributed by atoms with Crippen molar-refractivity contribution < 1.29 is 14.3 Å². The highest BCUT2D eigenvalue weighted by Crippen LogP contribution is 2.30. The third kappa shape index (κ3) is 4.62. The van der Waals surface area contributed by atoms with Gasteiger partial charge in [-0.2, -0.15) is 0 Å². The van der Waals surface area contributed by atoms with E-state index < -0.39 is 12.0 Å². The number of imidazole rings is 1. The lowest BCUT2D eigenvalue weighted by Crippen LogP contribution is -2.43. The van der Waals surface area contributed by atoms with Crippen LogP contribution in [0.1, 0.15) is 21.6 Å². The minimum atomic E-state index is -0.823. The van der Waals surface area contributed by atoms with Crippen LogP contribution in [0, 0.1) is 12.3 Å². The van der Waals surface area contributed by atoms with Crippen molar-refractivity contribution in [1.29, 1.82) is 0 Å². The molecule has 1 aromatic heterocycles. The first-order valence-corrected chi connectivity index (χ1v) is 10.1. The number of esters is 1. The molecule has 0 aliphatic heterocycles. The topological polar surface area (TPSA) is 84.1 Å². The zero-order chi connectivity index (χ0) is 19.1. The Bertz CT molecular complexity index is 804. The molecule has 26 heavy (non-hydrogen) atoms. The van der Waals surface area contributed by atoms with Gasteiger partial charge in [0.1, 0.15) is 6.04 Å². The second-order valence-corrected chi connectivity index (χ2v) is 6.93. The van der Waals surface area contributed by atoms with Gasteiger partial charge >= 0.3 is 5.97 Å². The molecular weight excluding hydrogens is 370 g/mol. The zero-order valence-electron chi connectivity index (χ0n) is 14.7. The molecule has 2 aromatic rings. The molecule has 8 heteroatoms. The lowest BCUT2D eigenvalue weighted by atomic mass is 10.1. The number of carbonyl (C=O) groups is 2. The van der Waals surface area contributed by atoms with Gasteiger partial charge in [-0.05, 0) is 24.6 Å². The fourth-order valence-electron chi connectivity index (χ4n) is 2.38. The van der Waals surface area contributed by atoms with Crippen LogP contribution in [0.2, 0.25) is 0 Å². The predicted octanol–water partition coefficient (Wildman–Crippen LogP) is 2.35. The molecule has 0 radical (unpaired) electrons. The lowest BCUT2D eigenvalue weighted by molar-refractivity contribution is -0.142.